The van der Waals surface area contributed by atoms with Crippen LogP contribution in [0.3, 0.4) is 0 Å². The monoisotopic (exact) mass is 386 g/mol. The van der Waals surface area contributed by atoms with E-state index in [1.165, 1.54) is 4.68 Å². The number of hydrazine groups is 1. The molecule has 2 amide bonds. The molecular formula is C17H18N6O3S. The minimum absolute atomic E-state index is 0.0668. The largest absolute Gasteiger partial charge is 0.290 e. The number of hydrogen-bond donors (Lipinski definition) is 2. The van der Waals surface area contributed by atoms with E-state index in [1.807, 2.05) is 13.8 Å². The summed E-state index contributed by atoms with van der Waals surface area (Å²) in [6.45, 7) is 4.17. The number of hydrogen-bond acceptors (Lipinski definition) is 7. The van der Waals surface area contributed by atoms with Crippen molar-refractivity contribution in [2.24, 2.45) is 0 Å². The summed E-state index contributed by atoms with van der Waals surface area (Å²) in [6.07, 6.45) is 1.25. The Balaban J connectivity index is 1.88. The van der Waals surface area contributed by atoms with Gasteiger partial charge in [0.2, 0.25) is 0 Å². The van der Waals surface area contributed by atoms with Crippen molar-refractivity contribution < 1.29 is 9.59 Å². The molecule has 27 heavy (non-hydrogen) atoms. The Bertz CT molecular complexity index is 1060. The van der Waals surface area contributed by atoms with Gasteiger partial charge in [0.05, 0.1) is 11.1 Å². The molecule has 0 radical (unpaired) electrons. The number of carbonyl (C=O) groups excluding carboxylic acids is 2. The molecule has 10 heteroatoms. The predicted molar refractivity (Wildman–Crippen MR) is 101 cm³/mol. The van der Waals surface area contributed by atoms with E-state index in [-0.39, 0.29) is 11.3 Å². The van der Waals surface area contributed by atoms with E-state index < -0.39 is 11.8 Å². The van der Waals surface area contributed by atoms with Crippen LogP contribution < -0.4 is 16.4 Å². The van der Waals surface area contributed by atoms with Crippen molar-refractivity contribution in [3.05, 3.63) is 50.9 Å². The van der Waals surface area contributed by atoms with Gasteiger partial charge in [-0.05, 0) is 30.4 Å². The van der Waals surface area contributed by atoms with Crippen molar-refractivity contribution >= 4 is 34.1 Å². The summed E-state index contributed by atoms with van der Waals surface area (Å²) < 4.78 is 5.01. The number of carbonyl (C=O) groups is 2. The molecule has 3 aromatic rings. The van der Waals surface area contributed by atoms with Crippen LogP contribution in [-0.2, 0) is 13.0 Å². The third kappa shape index (κ3) is 3.70. The zero-order valence-electron chi connectivity index (χ0n) is 14.9. The highest BCUT2D eigenvalue weighted by Gasteiger charge is 2.19. The van der Waals surface area contributed by atoms with E-state index in [4.69, 9.17) is 0 Å². The summed E-state index contributed by atoms with van der Waals surface area (Å²) in [7, 11) is 0. The van der Waals surface area contributed by atoms with Crippen LogP contribution in [0.15, 0.2) is 29.1 Å². The van der Waals surface area contributed by atoms with Gasteiger partial charge in [-0.3, -0.25) is 25.2 Å². The Morgan fingerprint density at radius 1 is 1.11 bits per heavy atom. The van der Waals surface area contributed by atoms with Crippen molar-refractivity contribution in [2.45, 2.75) is 33.2 Å². The maximum atomic E-state index is 12.6. The molecule has 0 spiro atoms. The molecule has 0 atom stereocenters. The lowest BCUT2D eigenvalue weighted by Crippen LogP contribution is -2.42. The zero-order valence-corrected chi connectivity index (χ0v) is 15.7. The molecule has 3 rings (SSSR count). The second kappa shape index (κ2) is 8.04. The van der Waals surface area contributed by atoms with E-state index >= 15 is 0 Å². The standard InChI is InChI=1S/C17H18N6O3S/c1-3-9-23-17(26)11-8-6-5-7-10(11)13(21-23)15(24)19-20-16(25)14-12(4-2)18-22-27-14/h5-8H,3-4,9H2,1-2H3,(H,19,24)(H,20,25). The first-order chi connectivity index (χ1) is 13.1. The van der Waals surface area contributed by atoms with Crippen LogP contribution in [0.5, 0.6) is 0 Å². The summed E-state index contributed by atoms with van der Waals surface area (Å²) in [4.78, 5) is 37.7. The van der Waals surface area contributed by atoms with Crippen LogP contribution in [0, 0.1) is 0 Å². The van der Waals surface area contributed by atoms with Gasteiger partial charge in [-0.25, -0.2) is 4.68 Å². The predicted octanol–water partition coefficient (Wildman–Crippen LogP) is 1.30. The average molecular weight is 386 g/mol. The summed E-state index contributed by atoms with van der Waals surface area (Å²) in [6, 6.07) is 6.75. The average Bonchev–Trinajstić information content (AvgIpc) is 3.17. The molecule has 140 valence electrons. The topological polar surface area (TPSA) is 119 Å². The Labute approximate surface area is 158 Å². The first-order valence-electron chi connectivity index (χ1n) is 8.48. The quantitative estimate of drug-likeness (QED) is 0.638. The Hall–Kier alpha value is -3.14. The normalized spacial score (nSPS) is 10.7. The van der Waals surface area contributed by atoms with Crippen LogP contribution in [0.25, 0.3) is 10.8 Å². The molecule has 0 bridgehead atoms. The zero-order chi connectivity index (χ0) is 19.4. The number of fused-ring (bicyclic) bond motifs is 1. The summed E-state index contributed by atoms with van der Waals surface area (Å²) in [5.41, 5.74) is 5.08. The second-order valence-electron chi connectivity index (χ2n) is 5.73. The van der Waals surface area contributed by atoms with Crippen molar-refractivity contribution in [3.63, 3.8) is 0 Å². The Morgan fingerprint density at radius 3 is 2.52 bits per heavy atom. The Morgan fingerprint density at radius 2 is 1.81 bits per heavy atom. The number of amides is 2. The molecule has 0 unspecified atom stereocenters. The fourth-order valence-electron chi connectivity index (χ4n) is 2.61. The van der Waals surface area contributed by atoms with E-state index in [1.54, 1.807) is 24.3 Å². The number of aromatic nitrogens is 4. The maximum Gasteiger partial charge on any atom is 0.290 e. The van der Waals surface area contributed by atoms with Gasteiger partial charge in [0.25, 0.3) is 17.4 Å². The van der Waals surface area contributed by atoms with Crippen LogP contribution in [-0.4, -0.2) is 31.2 Å². The number of nitrogens with zero attached hydrogens (tertiary/aromatic N) is 4. The van der Waals surface area contributed by atoms with Crippen molar-refractivity contribution in [3.8, 4) is 0 Å². The van der Waals surface area contributed by atoms with Crippen molar-refractivity contribution in [1.82, 2.24) is 30.2 Å². The highest BCUT2D eigenvalue weighted by molar-refractivity contribution is 7.08. The fourth-order valence-corrected chi connectivity index (χ4v) is 3.25. The van der Waals surface area contributed by atoms with Gasteiger partial charge in [-0.1, -0.05) is 36.5 Å². The van der Waals surface area contributed by atoms with Crippen LogP contribution in [0.4, 0.5) is 0 Å². The smallest absolute Gasteiger partial charge is 0.267 e. The Kier molecular flexibility index (Phi) is 5.55. The van der Waals surface area contributed by atoms with Gasteiger partial charge in [0.15, 0.2) is 5.69 Å². The molecule has 1 aromatic carbocycles. The minimum atomic E-state index is -0.611. The molecule has 0 aliphatic heterocycles. The van der Waals surface area contributed by atoms with Crippen LogP contribution in [0.1, 0.15) is 46.1 Å². The van der Waals surface area contributed by atoms with E-state index in [2.05, 4.69) is 25.5 Å². The summed E-state index contributed by atoms with van der Waals surface area (Å²) in [5.74, 6) is -1.11. The van der Waals surface area contributed by atoms with Gasteiger partial charge in [0, 0.05) is 11.9 Å². The van der Waals surface area contributed by atoms with Crippen molar-refractivity contribution in [1.29, 1.82) is 0 Å². The lowest BCUT2D eigenvalue weighted by atomic mass is 10.1. The number of benzene rings is 1. The molecule has 0 aliphatic carbocycles. The molecule has 2 aromatic heterocycles. The third-order valence-corrected chi connectivity index (χ3v) is 4.67. The first-order valence-corrected chi connectivity index (χ1v) is 9.25. The molecule has 0 saturated carbocycles. The fraction of sp³-hybridized carbons (Fsp3) is 0.294. The maximum absolute atomic E-state index is 12.6. The lowest BCUT2D eigenvalue weighted by molar-refractivity contribution is 0.0845. The first kappa shape index (κ1) is 18.6. The van der Waals surface area contributed by atoms with E-state index in [0.717, 1.165) is 11.5 Å². The molecule has 2 heterocycles. The van der Waals surface area contributed by atoms with Gasteiger partial charge < -0.3 is 0 Å². The molecule has 0 aliphatic rings. The van der Waals surface area contributed by atoms with Crippen LogP contribution >= 0.6 is 11.5 Å². The molecular weight excluding hydrogens is 368 g/mol. The lowest BCUT2D eigenvalue weighted by Gasteiger charge is -2.11. The van der Waals surface area contributed by atoms with Gasteiger partial charge in [0.1, 0.15) is 4.88 Å². The summed E-state index contributed by atoms with van der Waals surface area (Å²) >= 11 is 0.958. The molecule has 2 N–H and O–H groups in total. The number of aryl methyl sites for hydroxylation is 2. The third-order valence-electron chi connectivity index (χ3n) is 3.90. The molecule has 9 nitrogen and oxygen atoms in total. The van der Waals surface area contributed by atoms with E-state index in [0.29, 0.717) is 40.7 Å². The molecule has 0 saturated heterocycles. The van der Waals surface area contributed by atoms with Gasteiger partial charge in [-0.2, -0.15) is 5.10 Å². The second-order valence-corrected chi connectivity index (χ2v) is 6.49. The highest BCUT2D eigenvalue weighted by atomic mass is 32.1. The van der Waals surface area contributed by atoms with E-state index in [9.17, 15) is 14.4 Å². The minimum Gasteiger partial charge on any atom is -0.267 e. The van der Waals surface area contributed by atoms with Crippen LogP contribution in [0.2, 0.25) is 0 Å². The number of nitrogens with one attached hydrogen (secondary N) is 2. The number of rotatable bonds is 5. The highest BCUT2D eigenvalue weighted by Crippen LogP contribution is 2.14. The van der Waals surface area contributed by atoms with Crippen molar-refractivity contribution in [2.75, 3.05) is 0 Å². The molecule has 0 fully saturated rings. The van der Waals surface area contributed by atoms with Gasteiger partial charge in [-0.15, -0.1) is 5.10 Å². The summed E-state index contributed by atoms with van der Waals surface area (Å²) in [5, 5.41) is 8.88. The SMILES string of the molecule is CCCn1nc(C(=O)NNC(=O)c2snnc2CC)c2ccccc2c1=O. The van der Waals surface area contributed by atoms with Gasteiger partial charge >= 0.3 is 0 Å².